The normalized spacial score (nSPS) is 19.0. The third-order valence-corrected chi connectivity index (χ3v) is 8.25. The van der Waals surface area contributed by atoms with Gasteiger partial charge in [-0.1, -0.05) is 12.1 Å². The molecule has 0 bridgehead atoms. The molecule has 2 N–H and O–H groups in total. The van der Waals surface area contributed by atoms with Gasteiger partial charge in [0.2, 0.25) is 11.9 Å². The summed E-state index contributed by atoms with van der Waals surface area (Å²) in [6.07, 6.45) is 5.85. The summed E-state index contributed by atoms with van der Waals surface area (Å²) < 4.78 is 3.29. The van der Waals surface area contributed by atoms with E-state index in [0.717, 1.165) is 62.4 Å². The molecule has 1 amide bonds. The van der Waals surface area contributed by atoms with Gasteiger partial charge in [0, 0.05) is 50.7 Å². The van der Waals surface area contributed by atoms with Crippen molar-refractivity contribution in [2.24, 2.45) is 0 Å². The molecule has 0 unspecified atom stereocenters. The van der Waals surface area contributed by atoms with Crippen molar-refractivity contribution in [3.8, 4) is 5.82 Å². The van der Waals surface area contributed by atoms with Crippen LogP contribution in [0.5, 0.6) is 0 Å². The number of nitrogens with zero attached hydrogens (tertiary/aromatic N) is 7. The molecule has 0 spiro atoms. The van der Waals surface area contributed by atoms with E-state index < -0.39 is 5.54 Å². The van der Waals surface area contributed by atoms with Crippen molar-refractivity contribution in [3.63, 3.8) is 0 Å². The van der Waals surface area contributed by atoms with Crippen LogP contribution < -0.4 is 21.1 Å². The lowest BCUT2D eigenvalue weighted by atomic mass is 9.81. The van der Waals surface area contributed by atoms with Crippen molar-refractivity contribution >= 4 is 34.3 Å². The molecule has 11 heteroatoms. The largest absolute Gasteiger partial charge is 0.369 e. The van der Waals surface area contributed by atoms with Gasteiger partial charge >= 0.3 is 0 Å². The summed E-state index contributed by atoms with van der Waals surface area (Å²) in [5.74, 6) is 0.815. The SMILES string of the molecule is C=CCn1c(=O)c2cnc(Nc3ccc(N4CCN(C)CC4)cc3)nc2n1-c1ccc2c(n1)[C@@](C)(NC(C)=O)CCC2. The first kappa shape index (κ1) is 27.6. The number of carbonyl (C=O) groups is 1. The number of aromatic nitrogens is 5. The summed E-state index contributed by atoms with van der Waals surface area (Å²) in [5.41, 5.74) is 3.56. The van der Waals surface area contributed by atoms with Crippen LogP contribution in [0.3, 0.4) is 0 Å². The number of pyridine rings is 1. The minimum atomic E-state index is -0.597. The number of hydrogen-bond donors (Lipinski definition) is 2. The van der Waals surface area contributed by atoms with E-state index in [0.29, 0.717) is 22.8 Å². The molecule has 0 radical (unpaired) electrons. The Bertz CT molecular complexity index is 1700. The van der Waals surface area contributed by atoms with Crippen LogP contribution in [0.2, 0.25) is 0 Å². The fourth-order valence-electron chi connectivity index (χ4n) is 6.09. The number of piperazine rings is 1. The lowest BCUT2D eigenvalue weighted by Crippen LogP contribution is -2.45. The molecule has 1 aromatic carbocycles. The highest BCUT2D eigenvalue weighted by Gasteiger charge is 2.35. The number of benzene rings is 1. The molecule has 11 nitrogen and oxygen atoms in total. The summed E-state index contributed by atoms with van der Waals surface area (Å²) >= 11 is 0. The third-order valence-electron chi connectivity index (χ3n) is 8.25. The zero-order valence-corrected chi connectivity index (χ0v) is 24.4. The van der Waals surface area contributed by atoms with E-state index in [1.165, 1.54) is 12.6 Å². The van der Waals surface area contributed by atoms with Gasteiger partial charge in [-0.15, -0.1) is 6.58 Å². The van der Waals surface area contributed by atoms with Gasteiger partial charge in [-0.2, -0.15) is 4.98 Å². The molecular weight excluding hydrogens is 530 g/mol. The maximum atomic E-state index is 13.5. The second-order valence-corrected chi connectivity index (χ2v) is 11.4. The van der Waals surface area contributed by atoms with Crippen molar-refractivity contribution in [2.75, 3.05) is 43.4 Å². The zero-order valence-electron chi connectivity index (χ0n) is 24.4. The fraction of sp³-hybridized carbons (Fsp3) is 0.387. The quantitative estimate of drug-likeness (QED) is 0.327. The van der Waals surface area contributed by atoms with E-state index in [1.807, 2.05) is 31.2 Å². The predicted octanol–water partition coefficient (Wildman–Crippen LogP) is 3.35. The van der Waals surface area contributed by atoms with Crippen molar-refractivity contribution in [3.05, 3.63) is 76.9 Å². The maximum absolute atomic E-state index is 13.5. The molecule has 218 valence electrons. The van der Waals surface area contributed by atoms with Crippen LogP contribution in [0.1, 0.15) is 37.9 Å². The number of allylic oxidation sites excluding steroid dienone is 1. The number of aryl methyl sites for hydroxylation is 1. The number of anilines is 3. The van der Waals surface area contributed by atoms with E-state index >= 15 is 0 Å². The van der Waals surface area contributed by atoms with Gasteiger partial charge < -0.3 is 20.4 Å². The molecule has 1 aliphatic heterocycles. The first-order valence-electron chi connectivity index (χ1n) is 14.5. The number of amides is 1. The summed E-state index contributed by atoms with van der Waals surface area (Å²) in [7, 11) is 2.15. The highest BCUT2D eigenvalue weighted by Crippen LogP contribution is 2.34. The Balaban J connectivity index is 1.37. The molecule has 42 heavy (non-hydrogen) atoms. The molecule has 3 aromatic heterocycles. The number of nitrogens with one attached hydrogen (secondary N) is 2. The lowest BCUT2D eigenvalue weighted by Gasteiger charge is -2.35. The lowest BCUT2D eigenvalue weighted by molar-refractivity contribution is -0.121. The zero-order chi connectivity index (χ0) is 29.4. The number of carbonyl (C=O) groups excluding carboxylic acids is 1. The first-order valence-corrected chi connectivity index (χ1v) is 14.5. The molecule has 6 rings (SSSR count). The highest BCUT2D eigenvalue weighted by atomic mass is 16.1. The van der Waals surface area contributed by atoms with Crippen molar-refractivity contribution in [1.29, 1.82) is 0 Å². The molecule has 1 aliphatic carbocycles. The van der Waals surface area contributed by atoms with Gasteiger partial charge in [0.05, 0.1) is 17.8 Å². The average Bonchev–Trinajstić information content (AvgIpc) is 3.24. The number of hydrogen-bond acceptors (Lipinski definition) is 8. The van der Waals surface area contributed by atoms with Crippen molar-refractivity contribution in [1.82, 2.24) is 34.5 Å². The van der Waals surface area contributed by atoms with E-state index in [9.17, 15) is 9.59 Å². The minimum Gasteiger partial charge on any atom is -0.369 e. The molecule has 4 aromatic rings. The predicted molar refractivity (Wildman–Crippen MR) is 165 cm³/mol. The monoisotopic (exact) mass is 567 g/mol. The Labute approximate surface area is 244 Å². The van der Waals surface area contributed by atoms with Crippen LogP contribution in [0.25, 0.3) is 16.9 Å². The Morgan fingerprint density at radius 2 is 1.86 bits per heavy atom. The molecular formula is C31H37N9O2. The van der Waals surface area contributed by atoms with Crippen LogP contribution in [0.4, 0.5) is 17.3 Å². The van der Waals surface area contributed by atoms with Crippen molar-refractivity contribution in [2.45, 2.75) is 45.2 Å². The fourth-order valence-corrected chi connectivity index (χ4v) is 6.09. The van der Waals surface area contributed by atoms with Gasteiger partial charge in [0.15, 0.2) is 11.5 Å². The van der Waals surface area contributed by atoms with E-state index in [1.54, 1.807) is 21.6 Å². The average molecular weight is 568 g/mol. The second-order valence-electron chi connectivity index (χ2n) is 11.4. The van der Waals surface area contributed by atoms with E-state index in [2.05, 4.69) is 51.2 Å². The van der Waals surface area contributed by atoms with Gasteiger partial charge in [-0.3, -0.25) is 9.59 Å². The summed E-state index contributed by atoms with van der Waals surface area (Å²) in [6.45, 7) is 11.8. The van der Waals surface area contributed by atoms with Gasteiger partial charge in [0.25, 0.3) is 5.56 Å². The summed E-state index contributed by atoms with van der Waals surface area (Å²) in [4.78, 5) is 44.5. The second kappa shape index (κ2) is 11.1. The number of likely N-dealkylation sites (N-methyl/N-ethyl adjacent to an activating group) is 1. The van der Waals surface area contributed by atoms with Crippen LogP contribution in [0, 0.1) is 0 Å². The van der Waals surface area contributed by atoms with Crippen LogP contribution in [-0.2, 0) is 23.3 Å². The van der Waals surface area contributed by atoms with Crippen LogP contribution >= 0.6 is 0 Å². The Hall–Kier alpha value is -4.51. The van der Waals surface area contributed by atoms with E-state index in [-0.39, 0.29) is 18.0 Å². The standard InChI is InChI=1S/C31H37N9O2/c1-5-15-39-29(42)25-20-32-30(33-23-9-11-24(12-10-23)38-18-16-37(4)17-19-38)35-28(25)40(39)26-13-8-22-7-6-14-31(3,27(22)34-26)36-21(2)41/h5,8-13,20H,1,6-7,14-19H2,2-4H3,(H,36,41)(H,32,33,35)/t31-/m0/s1. The minimum absolute atomic E-state index is 0.104. The van der Waals surface area contributed by atoms with Gasteiger partial charge in [-0.05, 0) is 69.1 Å². The molecule has 1 fully saturated rings. The Morgan fingerprint density at radius 3 is 2.57 bits per heavy atom. The first-order chi connectivity index (χ1) is 20.3. The van der Waals surface area contributed by atoms with Crippen LogP contribution in [0.15, 0.2) is 60.0 Å². The number of rotatable bonds is 7. The molecule has 2 aliphatic rings. The molecule has 0 saturated carbocycles. The van der Waals surface area contributed by atoms with Gasteiger partial charge in [0.1, 0.15) is 5.39 Å². The summed E-state index contributed by atoms with van der Waals surface area (Å²) in [5, 5.41) is 6.78. The molecule has 4 heterocycles. The molecule has 1 saturated heterocycles. The van der Waals surface area contributed by atoms with Gasteiger partial charge in [-0.25, -0.2) is 19.3 Å². The smallest absolute Gasteiger partial charge is 0.278 e. The van der Waals surface area contributed by atoms with Crippen LogP contribution in [-0.4, -0.2) is 68.3 Å². The topological polar surface area (TPSA) is 113 Å². The number of fused-ring (bicyclic) bond motifs is 2. The molecule has 1 atom stereocenters. The van der Waals surface area contributed by atoms with E-state index in [4.69, 9.17) is 9.97 Å². The summed E-state index contributed by atoms with van der Waals surface area (Å²) in [6, 6.07) is 12.2. The third kappa shape index (κ3) is 5.16. The Morgan fingerprint density at radius 1 is 1.10 bits per heavy atom. The Kier molecular flexibility index (Phi) is 7.28. The maximum Gasteiger partial charge on any atom is 0.278 e. The highest BCUT2D eigenvalue weighted by molar-refractivity contribution is 5.77. The van der Waals surface area contributed by atoms with Crippen molar-refractivity contribution < 1.29 is 4.79 Å².